The summed E-state index contributed by atoms with van der Waals surface area (Å²) in [4.78, 5) is 16.4. The molecule has 4 nitrogen and oxygen atoms in total. The Bertz CT molecular complexity index is 947. The number of benzene rings is 1. The second kappa shape index (κ2) is 5.35. The van der Waals surface area contributed by atoms with Crippen LogP contribution in [0.1, 0.15) is 0 Å². The topological polar surface area (TPSA) is 54.5 Å². The lowest BCUT2D eigenvalue weighted by Gasteiger charge is -2.04. The summed E-state index contributed by atoms with van der Waals surface area (Å²) in [6.45, 7) is 0. The van der Waals surface area contributed by atoms with Crippen LogP contribution in [0.25, 0.3) is 33.5 Å². The zero-order chi connectivity index (χ0) is 14.9. The maximum atomic E-state index is 4.46. The summed E-state index contributed by atoms with van der Waals surface area (Å²) in [6.07, 6.45) is 5.28. The van der Waals surface area contributed by atoms with Crippen molar-refractivity contribution in [1.82, 2.24) is 19.9 Å². The molecular weight excluding hydrogens is 340 g/mol. The summed E-state index contributed by atoms with van der Waals surface area (Å²) in [6, 6.07) is 14.0. The van der Waals surface area contributed by atoms with Crippen LogP contribution in [0.3, 0.4) is 0 Å². The van der Waals surface area contributed by atoms with E-state index in [1.165, 1.54) is 0 Å². The maximum Gasteiger partial charge on any atom is 0.0977 e. The molecule has 22 heavy (non-hydrogen) atoms. The first-order chi connectivity index (χ1) is 10.8. The van der Waals surface area contributed by atoms with Gasteiger partial charge in [-0.3, -0.25) is 9.97 Å². The third-order valence-electron chi connectivity index (χ3n) is 3.48. The minimum atomic E-state index is 0.877. The molecule has 4 aromatic rings. The number of hydrogen-bond acceptors (Lipinski definition) is 3. The van der Waals surface area contributed by atoms with Crippen molar-refractivity contribution in [3.05, 3.63) is 65.7 Å². The summed E-state index contributed by atoms with van der Waals surface area (Å²) >= 11 is 3.46. The molecule has 0 aliphatic carbocycles. The summed E-state index contributed by atoms with van der Waals surface area (Å²) < 4.78 is 0.962. The highest BCUT2D eigenvalue weighted by atomic mass is 79.9. The lowest BCUT2D eigenvalue weighted by Crippen LogP contribution is -1.87. The molecule has 0 radical (unpaired) electrons. The van der Waals surface area contributed by atoms with Gasteiger partial charge in [0.05, 0.1) is 28.9 Å². The van der Waals surface area contributed by atoms with Gasteiger partial charge in [0.2, 0.25) is 0 Å². The number of imidazole rings is 1. The molecule has 0 unspecified atom stereocenters. The lowest BCUT2D eigenvalue weighted by molar-refractivity contribution is 1.27. The van der Waals surface area contributed by atoms with Crippen LogP contribution in [0.2, 0.25) is 0 Å². The van der Waals surface area contributed by atoms with E-state index in [0.717, 1.165) is 38.0 Å². The van der Waals surface area contributed by atoms with Crippen LogP contribution in [0, 0.1) is 0 Å². The predicted octanol–water partition coefficient (Wildman–Crippen LogP) is 4.45. The largest absolute Gasteiger partial charge is 0.343 e. The maximum absolute atomic E-state index is 4.46. The highest BCUT2D eigenvalue weighted by Gasteiger charge is 2.11. The number of fused-ring (bicyclic) bond motifs is 1. The molecule has 0 amide bonds. The smallest absolute Gasteiger partial charge is 0.0977 e. The number of aromatic amines is 1. The molecule has 0 fully saturated rings. The van der Waals surface area contributed by atoms with Crippen molar-refractivity contribution in [3.63, 3.8) is 0 Å². The molecule has 1 N–H and O–H groups in total. The quantitative estimate of drug-likeness (QED) is 0.581. The van der Waals surface area contributed by atoms with Crippen LogP contribution in [0.5, 0.6) is 0 Å². The molecule has 3 aromatic heterocycles. The molecule has 0 aliphatic rings. The number of H-pyrrole nitrogens is 1. The Morgan fingerprint density at radius 3 is 2.77 bits per heavy atom. The summed E-state index contributed by atoms with van der Waals surface area (Å²) in [5.41, 5.74) is 4.68. The van der Waals surface area contributed by atoms with Crippen molar-refractivity contribution >= 4 is 26.8 Å². The minimum absolute atomic E-state index is 0.877. The van der Waals surface area contributed by atoms with E-state index >= 15 is 0 Å². The van der Waals surface area contributed by atoms with E-state index in [1.54, 1.807) is 18.7 Å². The third-order valence-corrected chi connectivity index (χ3v) is 3.92. The monoisotopic (exact) mass is 350 g/mol. The highest BCUT2D eigenvalue weighted by molar-refractivity contribution is 9.10. The van der Waals surface area contributed by atoms with E-state index in [4.69, 9.17) is 0 Å². The average Bonchev–Trinajstić information content (AvgIpc) is 3.04. The normalized spacial score (nSPS) is 11.0. The molecule has 0 saturated heterocycles. The molecule has 5 heteroatoms. The Morgan fingerprint density at radius 2 is 1.91 bits per heavy atom. The number of hydrogen-bond donors (Lipinski definition) is 1. The summed E-state index contributed by atoms with van der Waals surface area (Å²) in [5, 5.41) is 1.07. The van der Waals surface area contributed by atoms with Gasteiger partial charge in [-0.15, -0.1) is 0 Å². The molecule has 106 valence electrons. The Labute approximate surface area is 135 Å². The van der Waals surface area contributed by atoms with E-state index in [9.17, 15) is 0 Å². The van der Waals surface area contributed by atoms with Crippen LogP contribution in [-0.2, 0) is 0 Å². The Morgan fingerprint density at radius 1 is 0.955 bits per heavy atom. The van der Waals surface area contributed by atoms with Crippen LogP contribution in [-0.4, -0.2) is 19.9 Å². The number of nitrogens with zero attached hydrogens (tertiary/aromatic N) is 3. The minimum Gasteiger partial charge on any atom is -0.343 e. The van der Waals surface area contributed by atoms with E-state index in [2.05, 4.69) is 48.0 Å². The van der Waals surface area contributed by atoms with E-state index in [-0.39, 0.29) is 0 Å². The first-order valence-corrected chi connectivity index (χ1v) is 7.61. The van der Waals surface area contributed by atoms with Gasteiger partial charge < -0.3 is 4.98 Å². The molecule has 4 rings (SSSR count). The van der Waals surface area contributed by atoms with Gasteiger partial charge in [0, 0.05) is 27.8 Å². The SMILES string of the molecule is Brc1cnc2ccc(-c3nc[nH]c3-c3ccccn3)cc2c1. The van der Waals surface area contributed by atoms with Crippen molar-refractivity contribution < 1.29 is 0 Å². The van der Waals surface area contributed by atoms with Gasteiger partial charge in [0.15, 0.2) is 0 Å². The van der Waals surface area contributed by atoms with Crippen LogP contribution >= 0.6 is 15.9 Å². The fraction of sp³-hybridized carbons (Fsp3) is 0. The standard InChI is InChI=1S/C17H11BrN4/c18-13-8-12-7-11(4-5-14(12)20-9-13)16-17(22-10-21-16)15-3-1-2-6-19-15/h1-10H,(H,21,22). The van der Waals surface area contributed by atoms with Gasteiger partial charge in [-0.2, -0.15) is 0 Å². The Kier molecular flexibility index (Phi) is 3.20. The first kappa shape index (κ1) is 13.2. The van der Waals surface area contributed by atoms with Crippen molar-refractivity contribution in [1.29, 1.82) is 0 Å². The zero-order valence-electron chi connectivity index (χ0n) is 11.5. The van der Waals surface area contributed by atoms with Crippen LogP contribution in [0.15, 0.2) is 65.7 Å². The van der Waals surface area contributed by atoms with Crippen molar-refractivity contribution in [2.75, 3.05) is 0 Å². The second-order valence-electron chi connectivity index (χ2n) is 4.90. The van der Waals surface area contributed by atoms with Crippen LogP contribution < -0.4 is 0 Å². The van der Waals surface area contributed by atoms with Gasteiger partial charge in [-0.1, -0.05) is 12.1 Å². The highest BCUT2D eigenvalue weighted by Crippen LogP contribution is 2.30. The molecule has 3 heterocycles. The van der Waals surface area contributed by atoms with Gasteiger partial charge in [0.1, 0.15) is 0 Å². The number of aromatic nitrogens is 4. The fourth-order valence-corrected chi connectivity index (χ4v) is 2.82. The molecular formula is C17H11BrN4. The van der Waals surface area contributed by atoms with Gasteiger partial charge in [-0.05, 0) is 46.3 Å². The Balaban J connectivity index is 1.88. The number of nitrogens with one attached hydrogen (secondary N) is 1. The number of halogens is 1. The van der Waals surface area contributed by atoms with Crippen molar-refractivity contribution in [2.24, 2.45) is 0 Å². The summed E-state index contributed by atoms with van der Waals surface area (Å²) in [5.74, 6) is 0. The number of rotatable bonds is 2. The molecule has 0 aliphatic heterocycles. The molecule has 0 atom stereocenters. The molecule has 1 aromatic carbocycles. The van der Waals surface area contributed by atoms with Gasteiger partial charge in [0.25, 0.3) is 0 Å². The fourth-order valence-electron chi connectivity index (χ4n) is 2.47. The van der Waals surface area contributed by atoms with Crippen molar-refractivity contribution in [3.8, 4) is 22.6 Å². The lowest BCUT2D eigenvalue weighted by atomic mass is 10.1. The molecule has 0 bridgehead atoms. The van der Waals surface area contributed by atoms with Crippen LogP contribution in [0.4, 0.5) is 0 Å². The van der Waals surface area contributed by atoms with Crippen molar-refractivity contribution in [2.45, 2.75) is 0 Å². The van der Waals surface area contributed by atoms with Gasteiger partial charge in [-0.25, -0.2) is 4.98 Å². The van der Waals surface area contributed by atoms with Gasteiger partial charge >= 0.3 is 0 Å². The number of pyridine rings is 2. The first-order valence-electron chi connectivity index (χ1n) is 6.82. The second-order valence-corrected chi connectivity index (χ2v) is 5.82. The molecule has 0 spiro atoms. The predicted molar refractivity (Wildman–Crippen MR) is 90.3 cm³/mol. The third kappa shape index (κ3) is 2.29. The zero-order valence-corrected chi connectivity index (χ0v) is 13.1. The van der Waals surface area contributed by atoms with E-state index in [0.29, 0.717) is 0 Å². The van der Waals surface area contributed by atoms with E-state index in [1.807, 2.05) is 30.3 Å². The average molecular weight is 351 g/mol. The molecule has 0 saturated carbocycles. The summed E-state index contributed by atoms with van der Waals surface area (Å²) in [7, 11) is 0. The Hall–Kier alpha value is -2.53. The van der Waals surface area contributed by atoms with E-state index < -0.39 is 0 Å².